The summed E-state index contributed by atoms with van der Waals surface area (Å²) in [6.07, 6.45) is 0. The van der Waals surface area contributed by atoms with Crippen molar-refractivity contribution in [3.8, 4) is 0 Å². The van der Waals surface area contributed by atoms with Gasteiger partial charge in [0.05, 0.1) is 0 Å². The molecule has 0 aromatic carbocycles. The van der Waals surface area contributed by atoms with Gasteiger partial charge in [-0.25, -0.2) is 0 Å². The second-order valence-electron chi connectivity index (χ2n) is 0. The molecular weight excluding hydrogens is 290 g/mol. The second kappa shape index (κ2) is 31.3. The Labute approximate surface area is 82.7 Å². The molecule has 5 heavy (non-hydrogen) atoms. The van der Waals surface area contributed by atoms with E-state index in [9.17, 15) is 0 Å². The smallest absolute Gasteiger partial charge is 0 e. The predicted octanol–water partition coefficient (Wildman–Crippen LogP) is -0.0125. The molecule has 0 atom stereocenters. The van der Waals surface area contributed by atoms with Crippen LogP contribution < -0.4 is 0 Å². The molecule has 0 nitrogen and oxygen atoms in total. The molecule has 0 N–H and O–H groups in total. The van der Waals surface area contributed by atoms with Crippen molar-refractivity contribution in [1.29, 1.82) is 0 Å². The maximum atomic E-state index is 0. The van der Waals surface area contributed by atoms with Crippen LogP contribution in [0.1, 0.15) is 0 Å². The molecule has 0 fully saturated rings. The fourth-order valence-electron chi connectivity index (χ4n) is 0. The van der Waals surface area contributed by atoms with Crippen LogP contribution in [0.15, 0.2) is 0 Å². The summed E-state index contributed by atoms with van der Waals surface area (Å²) in [7, 11) is 0. The molecule has 45 valence electrons. The number of hydrogen-bond acceptors (Lipinski definition) is 0. The minimum absolute atomic E-state index is 0. The Morgan fingerprint density at radius 1 is 0.600 bits per heavy atom. The third-order valence-electron chi connectivity index (χ3n) is 0. The Kier molecular flexibility index (Phi) is 315. The number of hydrogen-bond donors (Lipinski definition) is 0. The van der Waals surface area contributed by atoms with Gasteiger partial charge in [-0.05, 0) is 0 Å². The van der Waals surface area contributed by atoms with Gasteiger partial charge in [0.25, 0.3) is 0 Å². The first-order valence-electron chi connectivity index (χ1n) is 0. The zero-order valence-corrected chi connectivity index (χ0v) is 6.91. The Balaban J connectivity index is 0. The maximum Gasteiger partial charge on any atom is 0 e. The molecule has 0 saturated carbocycles. The molecule has 0 rings (SSSR count). The summed E-state index contributed by atoms with van der Waals surface area (Å²) in [6, 6.07) is 0. The standard InChI is InChI=1S/2Co.Mn.2Ni. The van der Waals surface area contributed by atoms with Gasteiger partial charge in [0.15, 0.2) is 0 Å². The molecule has 0 aliphatic carbocycles. The molecule has 0 amide bonds. The summed E-state index contributed by atoms with van der Waals surface area (Å²) in [5, 5.41) is 0. The Hall–Kier alpha value is 2.52. The van der Waals surface area contributed by atoms with Crippen molar-refractivity contribution in [3.63, 3.8) is 0 Å². The SMILES string of the molecule is [Co].[Co].[Mn].[Ni].[Ni]. The van der Waals surface area contributed by atoms with E-state index in [1.807, 2.05) is 0 Å². The Bertz CT molecular complexity index is 7.61. The van der Waals surface area contributed by atoms with Gasteiger partial charge < -0.3 is 0 Å². The zero-order chi connectivity index (χ0) is 0. The summed E-state index contributed by atoms with van der Waals surface area (Å²) < 4.78 is 0. The largest absolute Gasteiger partial charge is 0 e. The maximum absolute atomic E-state index is 0. The van der Waals surface area contributed by atoms with Crippen LogP contribution in [0.4, 0.5) is 0 Å². The summed E-state index contributed by atoms with van der Waals surface area (Å²) in [6.45, 7) is 0. The van der Waals surface area contributed by atoms with Gasteiger partial charge in [0.1, 0.15) is 0 Å². The van der Waals surface area contributed by atoms with Crippen molar-refractivity contribution in [1.82, 2.24) is 0 Å². The van der Waals surface area contributed by atoms with E-state index in [0.717, 1.165) is 0 Å². The zero-order valence-electron chi connectivity index (χ0n) is 1.68. The molecule has 3 radical (unpaired) electrons. The molecule has 0 saturated heterocycles. The van der Waals surface area contributed by atoms with Crippen LogP contribution in [0.25, 0.3) is 0 Å². The van der Waals surface area contributed by atoms with Crippen LogP contribution in [0.5, 0.6) is 0 Å². The van der Waals surface area contributed by atoms with Crippen LogP contribution in [0.3, 0.4) is 0 Å². The van der Waals surface area contributed by atoms with Crippen molar-refractivity contribution in [2.24, 2.45) is 0 Å². The summed E-state index contributed by atoms with van der Waals surface area (Å²) in [5.41, 5.74) is 0. The van der Waals surface area contributed by atoms with E-state index >= 15 is 0 Å². The summed E-state index contributed by atoms with van der Waals surface area (Å²) in [4.78, 5) is 0. The van der Waals surface area contributed by atoms with Crippen molar-refractivity contribution in [2.45, 2.75) is 0 Å². The molecule has 0 aliphatic rings. The molecule has 0 heterocycles. The molecule has 0 aliphatic heterocycles. The van der Waals surface area contributed by atoms with Gasteiger partial charge in [-0.3, -0.25) is 0 Å². The molecule has 0 aromatic heterocycles. The van der Waals surface area contributed by atoms with Gasteiger partial charge in [-0.15, -0.1) is 0 Å². The van der Waals surface area contributed by atoms with Gasteiger partial charge in [0.2, 0.25) is 0 Å². The molecule has 0 spiro atoms. The topological polar surface area (TPSA) is 0 Å². The molecule has 0 unspecified atom stereocenters. The van der Waals surface area contributed by atoms with Crippen LogP contribution in [0.2, 0.25) is 0 Å². The van der Waals surface area contributed by atoms with E-state index in [1.54, 1.807) is 0 Å². The first-order valence-corrected chi connectivity index (χ1v) is 0. The first-order chi connectivity index (χ1) is 0. The third-order valence-corrected chi connectivity index (χ3v) is 0. The average molecular weight is 290 g/mol. The third kappa shape index (κ3) is 21.0. The van der Waals surface area contributed by atoms with Gasteiger partial charge in [-0.1, -0.05) is 0 Å². The Morgan fingerprint density at radius 3 is 0.600 bits per heavy atom. The minimum Gasteiger partial charge on any atom is 0 e. The van der Waals surface area contributed by atoms with Crippen molar-refractivity contribution in [3.05, 3.63) is 0 Å². The summed E-state index contributed by atoms with van der Waals surface area (Å²) in [5.74, 6) is 0. The fraction of sp³-hybridized carbons (Fsp3) is 0. The van der Waals surface area contributed by atoms with Gasteiger partial charge in [-0.2, -0.15) is 0 Å². The van der Waals surface area contributed by atoms with E-state index in [1.165, 1.54) is 0 Å². The quantitative estimate of drug-likeness (QED) is 0.550. The van der Waals surface area contributed by atoms with Crippen LogP contribution in [0, 0.1) is 0 Å². The average Bonchev–Trinajstić information content (AvgIpc) is 0. The van der Waals surface area contributed by atoms with Gasteiger partial charge in [0, 0.05) is 83.6 Å². The monoisotopic (exact) mass is 289 g/mol. The van der Waals surface area contributed by atoms with Crippen LogP contribution in [-0.2, 0) is 83.6 Å². The van der Waals surface area contributed by atoms with Gasteiger partial charge >= 0.3 is 0 Å². The minimum atomic E-state index is 0. The predicted molar refractivity (Wildman–Crippen MR) is 0 cm³/mol. The first kappa shape index (κ1) is 50.3. The van der Waals surface area contributed by atoms with E-state index in [-0.39, 0.29) is 83.6 Å². The van der Waals surface area contributed by atoms with E-state index in [4.69, 9.17) is 0 Å². The molecule has 0 bridgehead atoms. The second-order valence-corrected chi connectivity index (χ2v) is 0. The fourth-order valence-corrected chi connectivity index (χ4v) is 0. The molecule has 5 heteroatoms. The van der Waals surface area contributed by atoms with E-state index in [2.05, 4.69) is 0 Å². The van der Waals surface area contributed by atoms with E-state index in [0.29, 0.717) is 0 Å². The van der Waals surface area contributed by atoms with Crippen LogP contribution in [-0.4, -0.2) is 0 Å². The van der Waals surface area contributed by atoms with E-state index < -0.39 is 0 Å². The van der Waals surface area contributed by atoms with Crippen molar-refractivity contribution in [2.75, 3.05) is 0 Å². The molecular formula is Co2MnNi2. The molecule has 0 aromatic rings. The van der Waals surface area contributed by atoms with Crippen molar-refractivity contribution < 1.29 is 83.6 Å². The van der Waals surface area contributed by atoms with Crippen molar-refractivity contribution >= 4 is 0 Å². The normalized spacial score (nSPS) is 0. The van der Waals surface area contributed by atoms with Crippen LogP contribution >= 0.6 is 0 Å². The number of rotatable bonds is 0. The summed E-state index contributed by atoms with van der Waals surface area (Å²) >= 11 is 0. The Morgan fingerprint density at radius 2 is 0.600 bits per heavy atom.